The summed E-state index contributed by atoms with van der Waals surface area (Å²) < 4.78 is 15.5. The van der Waals surface area contributed by atoms with Crippen LogP contribution in [0.1, 0.15) is 5.56 Å². The van der Waals surface area contributed by atoms with E-state index in [9.17, 15) is 24.9 Å². The van der Waals surface area contributed by atoms with Crippen LogP contribution in [0.2, 0.25) is 0 Å². The van der Waals surface area contributed by atoms with E-state index in [0.717, 1.165) is 0 Å². The summed E-state index contributed by atoms with van der Waals surface area (Å²) in [5.74, 6) is -2.42. The minimum Gasteiger partial charge on any atom is -0.497 e. The van der Waals surface area contributed by atoms with Crippen LogP contribution in [0.5, 0.6) is 17.2 Å². The van der Waals surface area contributed by atoms with Gasteiger partial charge in [-0.25, -0.2) is 9.59 Å². The van der Waals surface area contributed by atoms with Gasteiger partial charge in [0, 0.05) is 5.56 Å². The van der Waals surface area contributed by atoms with Crippen molar-refractivity contribution in [2.75, 3.05) is 14.2 Å². The minimum atomic E-state index is -2.56. The highest BCUT2D eigenvalue weighted by atomic mass is 16.5. The second kappa shape index (κ2) is 7.75. The van der Waals surface area contributed by atoms with E-state index in [2.05, 4.69) is 0 Å². The fraction of sp³-hybridized carbons (Fsp3) is 0.222. The summed E-state index contributed by atoms with van der Waals surface area (Å²) in [5, 5.41) is 29.2. The van der Waals surface area contributed by atoms with Crippen LogP contribution >= 0.6 is 0 Å². The molecule has 0 aromatic heterocycles. The standard InChI is InChI=1S/C18H18O8/c1-24-12-5-3-11(4-6-12)18(17(22)23,15(19)16(20)21)26-14-9-7-13(25-2)8-10-14/h3-10,15,19H,1-2H3,(H,20,21)(H,22,23)/t15-,18+/m1/s1. The molecular formula is C18H18O8. The lowest BCUT2D eigenvalue weighted by Gasteiger charge is -2.33. The first-order valence-corrected chi connectivity index (χ1v) is 7.47. The van der Waals surface area contributed by atoms with Crippen LogP contribution in [0.4, 0.5) is 0 Å². The first-order valence-electron chi connectivity index (χ1n) is 7.47. The molecule has 2 rings (SSSR count). The van der Waals surface area contributed by atoms with Gasteiger partial charge in [0.05, 0.1) is 14.2 Å². The van der Waals surface area contributed by atoms with Gasteiger partial charge >= 0.3 is 11.9 Å². The second-order valence-corrected chi connectivity index (χ2v) is 5.29. The van der Waals surface area contributed by atoms with Crippen LogP contribution in [0.15, 0.2) is 48.5 Å². The molecule has 138 valence electrons. The molecule has 0 aliphatic rings. The zero-order chi connectivity index (χ0) is 19.3. The smallest absolute Gasteiger partial charge is 0.356 e. The average molecular weight is 362 g/mol. The normalized spacial score (nSPS) is 14.0. The van der Waals surface area contributed by atoms with Crippen LogP contribution in [-0.2, 0) is 15.2 Å². The molecule has 8 heteroatoms. The number of hydrogen-bond acceptors (Lipinski definition) is 6. The molecule has 0 saturated carbocycles. The monoisotopic (exact) mass is 362 g/mol. The van der Waals surface area contributed by atoms with E-state index in [1.54, 1.807) is 0 Å². The fourth-order valence-electron chi connectivity index (χ4n) is 2.40. The number of aliphatic carboxylic acids is 2. The average Bonchev–Trinajstić information content (AvgIpc) is 2.65. The lowest BCUT2D eigenvalue weighted by molar-refractivity contribution is -0.180. The molecule has 0 aliphatic carbocycles. The van der Waals surface area contributed by atoms with Gasteiger partial charge < -0.3 is 29.5 Å². The van der Waals surface area contributed by atoms with Crippen molar-refractivity contribution in [1.29, 1.82) is 0 Å². The van der Waals surface area contributed by atoms with Gasteiger partial charge in [-0.1, -0.05) is 12.1 Å². The Labute approximate surface area is 149 Å². The number of aliphatic hydroxyl groups is 1. The summed E-state index contributed by atoms with van der Waals surface area (Å²) >= 11 is 0. The molecule has 2 aromatic carbocycles. The maximum Gasteiger partial charge on any atom is 0.356 e. The lowest BCUT2D eigenvalue weighted by atomic mass is 9.87. The molecule has 0 fully saturated rings. The molecule has 0 unspecified atom stereocenters. The predicted octanol–water partition coefficient (Wildman–Crippen LogP) is 1.51. The van der Waals surface area contributed by atoms with Crippen molar-refractivity contribution in [3.05, 3.63) is 54.1 Å². The van der Waals surface area contributed by atoms with Crippen molar-refractivity contribution in [2.45, 2.75) is 11.7 Å². The molecular weight excluding hydrogens is 344 g/mol. The Morgan fingerprint density at radius 3 is 1.65 bits per heavy atom. The Morgan fingerprint density at radius 2 is 1.27 bits per heavy atom. The van der Waals surface area contributed by atoms with E-state index in [0.29, 0.717) is 11.5 Å². The summed E-state index contributed by atoms with van der Waals surface area (Å²) in [6, 6.07) is 11.4. The molecule has 0 saturated heterocycles. The van der Waals surface area contributed by atoms with Gasteiger partial charge in [-0.15, -0.1) is 0 Å². The SMILES string of the molecule is COc1ccc(O[C@@](C(=O)O)(c2ccc(OC)cc2)[C@H](O)C(=O)O)cc1. The zero-order valence-electron chi connectivity index (χ0n) is 14.1. The first-order chi connectivity index (χ1) is 12.3. The minimum absolute atomic E-state index is 0.0457. The Kier molecular flexibility index (Phi) is 5.68. The molecule has 0 aliphatic heterocycles. The number of ether oxygens (including phenoxy) is 3. The number of rotatable bonds is 8. The Morgan fingerprint density at radius 1 is 0.846 bits per heavy atom. The highest BCUT2D eigenvalue weighted by molar-refractivity contribution is 5.89. The Bertz CT molecular complexity index is 769. The summed E-state index contributed by atoms with van der Waals surface area (Å²) in [4.78, 5) is 23.4. The Balaban J connectivity index is 2.57. The topological polar surface area (TPSA) is 123 Å². The van der Waals surface area contributed by atoms with Crippen LogP contribution in [0, 0.1) is 0 Å². The molecule has 8 nitrogen and oxygen atoms in total. The van der Waals surface area contributed by atoms with Gasteiger partial charge in [-0.3, -0.25) is 0 Å². The van der Waals surface area contributed by atoms with E-state index in [1.807, 2.05) is 0 Å². The third kappa shape index (κ3) is 3.55. The van der Waals surface area contributed by atoms with Crippen LogP contribution < -0.4 is 14.2 Å². The number of carboxylic acid groups (broad SMARTS) is 2. The van der Waals surface area contributed by atoms with Gasteiger partial charge in [0.1, 0.15) is 17.2 Å². The largest absolute Gasteiger partial charge is 0.497 e. The molecule has 2 aromatic rings. The molecule has 0 heterocycles. The van der Waals surface area contributed by atoms with Crippen molar-refractivity contribution in [3.8, 4) is 17.2 Å². The maximum absolute atomic E-state index is 12.0. The molecule has 0 bridgehead atoms. The quantitative estimate of drug-likeness (QED) is 0.646. The number of carboxylic acids is 2. The fourth-order valence-corrected chi connectivity index (χ4v) is 2.40. The van der Waals surface area contributed by atoms with Crippen molar-refractivity contribution < 1.29 is 39.1 Å². The number of hydrogen-bond donors (Lipinski definition) is 3. The number of aliphatic hydroxyl groups excluding tert-OH is 1. The Hall–Kier alpha value is -3.26. The lowest BCUT2D eigenvalue weighted by Crippen LogP contribution is -2.54. The van der Waals surface area contributed by atoms with E-state index >= 15 is 0 Å². The molecule has 0 spiro atoms. The van der Waals surface area contributed by atoms with Crippen LogP contribution in [0.25, 0.3) is 0 Å². The van der Waals surface area contributed by atoms with Crippen molar-refractivity contribution in [3.63, 3.8) is 0 Å². The highest BCUT2D eigenvalue weighted by Crippen LogP contribution is 2.34. The van der Waals surface area contributed by atoms with Gasteiger partial charge in [0.25, 0.3) is 5.60 Å². The molecule has 0 radical (unpaired) electrons. The van der Waals surface area contributed by atoms with Crippen molar-refractivity contribution in [1.82, 2.24) is 0 Å². The first kappa shape index (κ1) is 19.1. The van der Waals surface area contributed by atoms with Crippen molar-refractivity contribution >= 4 is 11.9 Å². The third-order valence-electron chi connectivity index (χ3n) is 3.79. The van der Waals surface area contributed by atoms with E-state index < -0.39 is 23.6 Å². The van der Waals surface area contributed by atoms with Crippen molar-refractivity contribution in [2.24, 2.45) is 0 Å². The maximum atomic E-state index is 12.0. The summed E-state index contributed by atoms with van der Waals surface area (Å²) in [5.41, 5.74) is -2.62. The van der Waals surface area contributed by atoms with Crippen LogP contribution in [-0.4, -0.2) is 47.6 Å². The predicted molar refractivity (Wildman–Crippen MR) is 89.6 cm³/mol. The van der Waals surface area contributed by atoms with E-state index in [-0.39, 0.29) is 11.3 Å². The molecule has 0 amide bonds. The molecule has 2 atom stereocenters. The summed E-state index contributed by atoms with van der Waals surface area (Å²) in [7, 11) is 2.89. The highest BCUT2D eigenvalue weighted by Gasteiger charge is 2.53. The molecule has 3 N–H and O–H groups in total. The summed E-state index contributed by atoms with van der Waals surface area (Å²) in [6.07, 6.45) is -2.37. The van der Waals surface area contributed by atoms with Gasteiger partial charge in [0.2, 0.25) is 6.10 Å². The van der Waals surface area contributed by atoms with E-state index in [4.69, 9.17) is 14.2 Å². The summed E-state index contributed by atoms with van der Waals surface area (Å²) in [6.45, 7) is 0. The van der Waals surface area contributed by atoms with Gasteiger partial charge in [-0.2, -0.15) is 0 Å². The second-order valence-electron chi connectivity index (χ2n) is 5.29. The molecule has 26 heavy (non-hydrogen) atoms. The van der Waals surface area contributed by atoms with Crippen LogP contribution in [0.3, 0.4) is 0 Å². The number of carbonyl (C=O) groups is 2. The zero-order valence-corrected chi connectivity index (χ0v) is 14.1. The van der Waals surface area contributed by atoms with E-state index in [1.165, 1.54) is 62.8 Å². The third-order valence-corrected chi connectivity index (χ3v) is 3.79. The number of benzene rings is 2. The van der Waals surface area contributed by atoms with Gasteiger partial charge in [-0.05, 0) is 36.4 Å². The van der Waals surface area contributed by atoms with Gasteiger partial charge in [0.15, 0.2) is 0 Å². The number of methoxy groups -OCH3 is 2.